The summed E-state index contributed by atoms with van der Waals surface area (Å²) in [4.78, 5) is 4.73. The van der Waals surface area contributed by atoms with Gasteiger partial charge in [0.15, 0.2) is 0 Å². The average Bonchev–Trinajstić information content (AvgIpc) is 2.59. The highest BCUT2D eigenvalue weighted by Crippen LogP contribution is 2.28. The van der Waals surface area contributed by atoms with E-state index >= 15 is 0 Å². The zero-order chi connectivity index (χ0) is 12.5. The Balaban J connectivity index is 2.22. The Bertz CT molecular complexity index is 578. The molecule has 0 unspecified atom stereocenters. The lowest BCUT2D eigenvalue weighted by molar-refractivity contribution is 0.315. The molecule has 94 valence electrons. The van der Waals surface area contributed by atoms with E-state index < -0.39 is 0 Å². The number of hydrogen-bond donors (Lipinski definition) is 1. The van der Waals surface area contributed by atoms with Crippen molar-refractivity contribution in [2.45, 2.75) is 26.3 Å². The van der Waals surface area contributed by atoms with Crippen molar-refractivity contribution in [1.29, 1.82) is 0 Å². The van der Waals surface area contributed by atoms with E-state index in [-0.39, 0.29) is 0 Å². The molecule has 1 aliphatic rings. The maximum atomic E-state index is 5.72. The van der Waals surface area contributed by atoms with Gasteiger partial charge in [-0.1, -0.05) is 32.0 Å². The van der Waals surface area contributed by atoms with Crippen molar-refractivity contribution in [2.75, 3.05) is 13.2 Å². The van der Waals surface area contributed by atoms with Crippen LogP contribution in [0.25, 0.3) is 10.9 Å². The van der Waals surface area contributed by atoms with Gasteiger partial charge >= 0.3 is 0 Å². The third-order valence-electron chi connectivity index (χ3n) is 3.37. The molecule has 0 radical (unpaired) electrons. The smallest absolute Gasteiger partial charge is 0.218 e. The van der Waals surface area contributed by atoms with Crippen LogP contribution >= 0.6 is 0 Å². The summed E-state index contributed by atoms with van der Waals surface area (Å²) in [5.41, 5.74) is 3.52. The van der Waals surface area contributed by atoms with E-state index in [1.807, 2.05) is 0 Å². The summed E-state index contributed by atoms with van der Waals surface area (Å²) in [6.45, 7) is 6.80. The summed E-state index contributed by atoms with van der Waals surface area (Å²) in [6, 6.07) is 8.58. The highest BCUT2D eigenvalue weighted by molar-refractivity contribution is 5.83. The van der Waals surface area contributed by atoms with Crippen LogP contribution in [0.15, 0.2) is 24.3 Å². The Hall–Kier alpha value is -1.61. The first-order chi connectivity index (χ1) is 8.75. The zero-order valence-electron chi connectivity index (χ0n) is 10.9. The molecule has 0 bridgehead atoms. The van der Waals surface area contributed by atoms with Gasteiger partial charge in [-0.2, -0.15) is 0 Å². The molecule has 0 saturated carbocycles. The second-order valence-corrected chi connectivity index (χ2v) is 5.05. The maximum absolute atomic E-state index is 5.72. The third-order valence-corrected chi connectivity index (χ3v) is 3.37. The minimum Gasteiger partial charge on any atom is -0.476 e. The molecule has 2 heterocycles. The van der Waals surface area contributed by atoms with E-state index in [0.717, 1.165) is 30.0 Å². The number of benzene rings is 1. The molecule has 0 saturated heterocycles. The van der Waals surface area contributed by atoms with Crippen LogP contribution < -0.4 is 10.1 Å². The Morgan fingerprint density at radius 2 is 2.22 bits per heavy atom. The standard InChI is InChI=1S/C15H18N2O/c1-10(2)13-5-3-4-11-8-12-9-16-6-7-18-15(12)17-14(11)13/h3-5,8,10,16H,6-7,9H2,1-2H3. The first-order valence-electron chi connectivity index (χ1n) is 6.52. The summed E-state index contributed by atoms with van der Waals surface area (Å²) >= 11 is 0. The van der Waals surface area contributed by atoms with E-state index in [1.54, 1.807) is 0 Å². The zero-order valence-corrected chi connectivity index (χ0v) is 10.9. The van der Waals surface area contributed by atoms with E-state index in [4.69, 9.17) is 9.72 Å². The number of ether oxygens (including phenoxy) is 1. The normalized spacial score (nSPS) is 15.3. The fourth-order valence-electron chi connectivity index (χ4n) is 2.41. The van der Waals surface area contributed by atoms with Crippen LogP contribution in [-0.2, 0) is 6.54 Å². The summed E-state index contributed by atoms with van der Waals surface area (Å²) in [7, 11) is 0. The molecule has 1 N–H and O–H groups in total. The Morgan fingerprint density at radius 3 is 3.06 bits per heavy atom. The SMILES string of the molecule is CC(C)c1cccc2cc3c(nc12)OCCNC3. The summed E-state index contributed by atoms with van der Waals surface area (Å²) < 4.78 is 5.72. The molecule has 0 spiro atoms. The fourth-order valence-corrected chi connectivity index (χ4v) is 2.41. The lowest BCUT2D eigenvalue weighted by Gasteiger charge is -2.12. The minimum absolute atomic E-state index is 0.475. The van der Waals surface area contributed by atoms with E-state index in [2.05, 4.69) is 43.4 Å². The van der Waals surface area contributed by atoms with Gasteiger partial charge in [0.2, 0.25) is 5.88 Å². The molecule has 0 fully saturated rings. The number of para-hydroxylation sites is 1. The molecule has 3 nitrogen and oxygen atoms in total. The quantitative estimate of drug-likeness (QED) is 0.835. The van der Waals surface area contributed by atoms with Gasteiger partial charge in [0.1, 0.15) is 6.61 Å². The van der Waals surface area contributed by atoms with Gasteiger partial charge in [-0.05, 0) is 17.5 Å². The largest absolute Gasteiger partial charge is 0.476 e. The second-order valence-electron chi connectivity index (χ2n) is 5.05. The predicted molar refractivity (Wildman–Crippen MR) is 73.0 cm³/mol. The molecular weight excluding hydrogens is 224 g/mol. The van der Waals surface area contributed by atoms with E-state index in [9.17, 15) is 0 Å². The Labute approximate surface area is 107 Å². The van der Waals surface area contributed by atoms with Crippen LogP contribution in [0, 0.1) is 0 Å². The molecule has 3 rings (SSSR count). The van der Waals surface area contributed by atoms with Gasteiger partial charge in [-0.15, -0.1) is 0 Å². The third kappa shape index (κ3) is 1.95. The molecule has 1 aliphatic heterocycles. The van der Waals surface area contributed by atoms with Crippen molar-refractivity contribution in [2.24, 2.45) is 0 Å². The maximum Gasteiger partial charge on any atom is 0.218 e. The number of nitrogens with one attached hydrogen (secondary N) is 1. The van der Waals surface area contributed by atoms with Gasteiger partial charge in [-0.3, -0.25) is 0 Å². The lowest BCUT2D eigenvalue weighted by Crippen LogP contribution is -2.16. The van der Waals surface area contributed by atoms with Crippen LogP contribution in [0.3, 0.4) is 0 Å². The molecule has 1 aromatic carbocycles. The molecule has 2 aromatic rings. The van der Waals surface area contributed by atoms with Gasteiger partial charge in [0.05, 0.1) is 5.52 Å². The fraction of sp³-hybridized carbons (Fsp3) is 0.400. The number of nitrogens with zero attached hydrogens (tertiary/aromatic N) is 1. The predicted octanol–water partition coefficient (Wildman–Crippen LogP) is 2.84. The van der Waals surface area contributed by atoms with Crippen LogP contribution in [-0.4, -0.2) is 18.1 Å². The van der Waals surface area contributed by atoms with Crippen molar-refractivity contribution in [3.8, 4) is 5.88 Å². The molecule has 3 heteroatoms. The highest BCUT2D eigenvalue weighted by Gasteiger charge is 2.14. The monoisotopic (exact) mass is 242 g/mol. The van der Waals surface area contributed by atoms with Gasteiger partial charge in [0.25, 0.3) is 0 Å². The van der Waals surface area contributed by atoms with Gasteiger partial charge in [-0.25, -0.2) is 4.98 Å². The second kappa shape index (κ2) is 4.58. The molecule has 18 heavy (non-hydrogen) atoms. The summed E-state index contributed by atoms with van der Waals surface area (Å²) in [5.74, 6) is 1.27. The van der Waals surface area contributed by atoms with Crippen LogP contribution in [0.2, 0.25) is 0 Å². The Kier molecular flexibility index (Phi) is 2.92. The Morgan fingerprint density at radius 1 is 1.33 bits per heavy atom. The topological polar surface area (TPSA) is 34.1 Å². The molecule has 0 aliphatic carbocycles. The number of aromatic nitrogens is 1. The van der Waals surface area contributed by atoms with Crippen molar-refractivity contribution in [1.82, 2.24) is 10.3 Å². The molecule has 0 amide bonds. The highest BCUT2D eigenvalue weighted by atomic mass is 16.5. The van der Waals surface area contributed by atoms with Crippen molar-refractivity contribution < 1.29 is 4.74 Å². The van der Waals surface area contributed by atoms with Crippen molar-refractivity contribution >= 4 is 10.9 Å². The minimum atomic E-state index is 0.475. The van der Waals surface area contributed by atoms with Crippen molar-refractivity contribution in [3.63, 3.8) is 0 Å². The number of fused-ring (bicyclic) bond motifs is 2. The number of pyridine rings is 1. The number of hydrogen-bond acceptors (Lipinski definition) is 3. The van der Waals surface area contributed by atoms with Crippen LogP contribution in [0.4, 0.5) is 0 Å². The van der Waals surface area contributed by atoms with Gasteiger partial charge in [0, 0.05) is 24.0 Å². The molecular formula is C15H18N2O. The van der Waals surface area contributed by atoms with E-state index in [1.165, 1.54) is 10.9 Å². The van der Waals surface area contributed by atoms with Gasteiger partial charge < -0.3 is 10.1 Å². The van der Waals surface area contributed by atoms with Crippen LogP contribution in [0.1, 0.15) is 30.9 Å². The number of rotatable bonds is 1. The summed E-state index contributed by atoms with van der Waals surface area (Å²) in [6.07, 6.45) is 0. The first-order valence-corrected chi connectivity index (χ1v) is 6.52. The van der Waals surface area contributed by atoms with Crippen LogP contribution in [0.5, 0.6) is 5.88 Å². The van der Waals surface area contributed by atoms with Crippen molar-refractivity contribution in [3.05, 3.63) is 35.4 Å². The van der Waals surface area contributed by atoms with E-state index in [0.29, 0.717) is 12.5 Å². The lowest BCUT2D eigenvalue weighted by atomic mass is 9.99. The molecule has 0 atom stereocenters. The average molecular weight is 242 g/mol. The summed E-state index contributed by atoms with van der Waals surface area (Å²) in [5, 5.41) is 4.54. The molecule has 1 aromatic heterocycles. The first kappa shape index (κ1) is 11.5.